The zero-order valence-corrected chi connectivity index (χ0v) is 10.2. The number of nitrogens with zero attached hydrogens (tertiary/aromatic N) is 1. The molecule has 0 amide bonds. The van der Waals surface area contributed by atoms with E-state index < -0.39 is 17.4 Å². The number of nitrogens with one attached hydrogen (secondary N) is 1. The summed E-state index contributed by atoms with van der Waals surface area (Å²) in [5, 5.41) is 9.41. The van der Waals surface area contributed by atoms with Crippen LogP contribution in [0.25, 0.3) is 0 Å². The van der Waals surface area contributed by atoms with Gasteiger partial charge in [-0.1, -0.05) is 0 Å². The molecule has 1 aromatic rings. The normalized spacial score (nSPS) is 12.7. The first-order valence-corrected chi connectivity index (χ1v) is 5.28. The molecule has 0 saturated heterocycles. The number of methoxy groups -OCH3 is 1. The maximum absolute atomic E-state index is 11.3. The van der Waals surface area contributed by atoms with Crippen LogP contribution in [0.3, 0.4) is 0 Å². The predicted molar refractivity (Wildman–Crippen MR) is 61.9 cm³/mol. The highest BCUT2D eigenvalue weighted by molar-refractivity contribution is 14.1. The van der Waals surface area contributed by atoms with E-state index in [1.807, 2.05) is 22.6 Å². The van der Waals surface area contributed by atoms with Gasteiger partial charge in [0.05, 0.1) is 22.8 Å². The average molecular weight is 326 g/mol. The molecule has 1 heterocycles. The third kappa shape index (κ3) is 3.43. The number of ether oxygens (including phenoxy) is 1. The molecular formula is C8H11IN2O4. The maximum atomic E-state index is 11.3. The largest absolute Gasteiger partial charge is 0.389 e. The van der Waals surface area contributed by atoms with Crippen LogP contribution in [0.5, 0.6) is 0 Å². The number of H-pyrrole nitrogens is 1. The van der Waals surface area contributed by atoms with Crippen molar-refractivity contribution in [2.24, 2.45) is 0 Å². The van der Waals surface area contributed by atoms with Gasteiger partial charge in [0.2, 0.25) is 0 Å². The van der Waals surface area contributed by atoms with Crippen molar-refractivity contribution in [3.05, 3.63) is 30.6 Å². The lowest BCUT2D eigenvalue weighted by atomic mass is 10.4. The molecule has 0 aliphatic rings. The van der Waals surface area contributed by atoms with Gasteiger partial charge in [-0.3, -0.25) is 14.3 Å². The molecule has 0 aromatic carbocycles. The van der Waals surface area contributed by atoms with Crippen LogP contribution in [0.15, 0.2) is 15.8 Å². The third-order valence-electron chi connectivity index (χ3n) is 1.73. The Labute approximate surface area is 99.0 Å². The van der Waals surface area contributed by atoms with E-state index in [-0.39, 0.29) is 13.2 Å². The fourth-order valence-electron chi connectivity index (χ4n) is 1.09. The van der Waals surface area contributed by atoms with E-state index in [1.54, 1.807) is 0 Å². The lowest BCUT2D eigenvalue weighted by molar-refractivity contribution is 0.0527. The Morgan fingerprint density at radius 2 is 2.33 bits per heavy atom. The second-order valence-corrected chi connectivity index (χ2v) is 4.16. The van der Waals surface area contributed by atoms with Gasteiger partial charge >= 0.3 is 5.69 Å². The summed E-state index contributed by atoms with van der Waals surface area (Å²) >= 11 is 1.82. The van der Waals surface area contributed by atoms with Gasteiger partial charge in [-0.25, -0.2) is 4.79 Å². The van der Waals surface area contributed by atoms with Crippen molar-refractivity contribution in [1.29, 1.82) is 0 Å². The molecule has 0 radical (unpaired) electrons. The summed E-state index contributed by atoms with van der Waals surface area (Å²) in [5.41, 5.74) is -0.950. The quantitative estimate of drug-likeness (QED) is 0.706. The molecule has 1 unspecified atom stereocenters. The van der Waals surface area contributed by atoms with Crippen molar-refractivity contribution in [3.63, 3.8) is 0 Å². The summed E-state index contributed by atoms with van der Waals surface area (Å²) in [6, 6.07) is 0. The topological polar surface area (TPSA) is 84.3 Å². The third-order valence-corrected chi connectivity index (χ3v) is 2.50. The van der Waals surface area contributed by atoms with Crippen LogP contribution in [0.4, 0.5) is 0 Å². The Morgan fingerprint density at radius 3 is 2.93 bits per heavy atom. The molecule has 1 rings (SSSR count). The lowest BCUT2D eigenvalue weighted by Crippen LogP contribution is -2.35. The second kappa shape index (κ2) is 5.42. The van der Waals surface area contributed by atoms with E-state index in [0.717, 1.165) is 0 Å². The maximum Gasteiger partial charge on any atom is 0.328 e. The second-order valence-electron chi connectivity index (χ2n) is 3.00. The summed E-state index contributed by atoms with van der Waals surface area (Å²) in [7, 11) is 1.46. The predicted octanol–water partition coefficient (Wildman–Crippen LogP) is -0.852. The van der Waals surface area contributed by atoms with Gasteiger partial charge in [0.15, 0.2) is 0 Å². The molecule has 0 spiro atoms. The number of rotatable bonds is 4. The van der Waals surface area contributed by atoms with Gasteiger partial charge in [-0.05, 0) is 22.6 Å². The Balaban J connectivity index is 2.91. The lowest BCUT2D eigenvalue weighted by Gasteiger charge is -2.10. The highest BCUT2D eigenvalue weighted by Gasteiger charge is 2.07. The summed E-state index contributed by atoms with van der Waals surface area (Å²) < 4.78 is 6.37. The van der Waals surface area contributed by atoms with Crippen molar-refractivity contribution >= 4 is 22.6 Å². The van der Waals surface area contributed by atoms with Gasteiger partial charge in [0, 0.05) is 13.3 Å². The minimum absolute atomic E-state index is 0.0967. The molecular weight excluding hydrogens is 315 g/mol. The van der Waals surface area contributed by atoms with Crippen molar-refractivity contribution in [2.45, 2.75) is 12.6 Å². The van der Waals surface area contributed by atoms with Gasteiger partial charge < -0.3 is 9.84 Å². The molecule has 7 heteroatoms. The molecule has 84 valence electrons. The highest BCUT2D eigenvalue weighted by atomic mass is 127. The zero-order valence-electron chi connectivity index (χ0n) is 8.07. The highest BCUT2D eigenvalue weighted by Crippen LogP contribution is 1.95. The molecule has 0 bridgehead atoms. The smallest absolute Gasteiger partial charge is 0.328 e. The number of halogens is 1. The van der Waals surface area contributed by atoms with Crippen molar-refractivity contribution < 1.29 is 9.84 Å². The van der Waals surface area contributed by atoms with Crippen LogP contribution < -0.4 is 11.2 Å². The number of hydrogen-bond donors (Lipinski definition) is 2. The first-order chi connectivity index (χ1) is 7.04. The first kappa shape index (κ1) is 12.4. The fourth-order valence-corrected chi connectivity index (χ4v) is 1.56. The van der Waals surface area contributed by atoms with E-state index in [4.69, 9.17) is 4.74 Å². The molecule has 0 fully saturated rings. The van der Waals surface area contributed by atoms with Gasteiger partial charge in [0.25, 0.3) is 5.56 Å². The van der Waals surface area contributed by atoms with Gasteiger partial charge in [0.1, 0.15) is 0 Å². The SMILES string of the molecule is COCC(O)Cn1cc(I)c(=O)[nH]c1=O. The number of aromatic nitrogens is 2. The molecule has 0 aliphatic heterocycles. The number of hydrogen-bond acceptors (Lipinski definition) is 4. The first-order valence-electron chi connectivity index (χ1n) is 4.21. The Kier molecular flexibility index (Phi) is 4.48. The monoisotopic (exact) mass is 326 g/mol. The van der Waals surface area contributed by atoms with E-state index in [2.05, 4.69) is 4.98 Å². The zero-order chi connectivity index (χ0) is 11.4. The van der Waals surface area contributed by atoms with Crippen LogP contribution in [0.1, 0.15) is 0 Å². The van der Waals surface area contributed by atoms with Crippen LogP contribution in [-0.2, 0) is 11.3 Å². The summed E-state index contributed by atoms with van der Waals surface area (Å²) in [5.74, 6) is 0. The average Bonchev–Trinajstić information content (AvgIpc) is 2.14. The Hall–Kier alpha value is -0.670. The minimum atomic E-state index is -0.769. The summed E-state index contributed by atoms with van der Waals surface area (Å²) in [6.45, 7) is 0.238. The van der Waals surface area contributed by atoms with Crippen LogP contribution in [0.2, 0.25) is 0 Å². The summed E-state index contributed by atoms with van der Waals surface area (Å²) in [6.07, 6.45) is 0.634. The molecule has 6 nitrogen and oxygen atoms in total. The minimum Gasteiger partial charge on any atom is -0.389 e. The van der Waals surface area contributed by atoms with Crippen molar-refractivity contribution in [3.8, 4) is 0 Å². The number of aromatic amines is 1. The Morgan fingerprint density at radius 1 is 1.67 bits per heavy atom. The van der Waals surface area contributed by atoms with Crippen LogP contribution >= 0.6 is 22.6 Å². The fraction of sp³-hybridized carbons (Fsp3) is 0.500. The summed E-state index contributed by atoms with van der Waals surface area (Å²) in [4.78, 5) is 24.5. The molecule has 0 saturated carbocycles. The molecule has 0 aliphatic carbocycles. The van der Waals surface area contributed by atoms with E-state index in [0.29, 0.717) is 3.57 Å². The van der Waals surface area contributed by atoms with Crippen LogP contribution in [0, 0.1) is 3.57 Å². The van der Waals surface area contributed by atoms with E-state index >= 15 is 0 Å². The van der Waals surface area contributed by atoms with Gasteiger partial charge in [-0.2, -0.15) is 0 Å². The van der Waals surface area contributed by atoms with Crippen molar-refractivity contribution in [1.82, 2.24) is 9.55 Å². The van der Waals surface area contributed by atoms with E-state index in [9.17, 15) is 14.7 Å². The standard InChI is InChI=1S/C8H11IN2O4/c1-15-4-5(12)2-11-3-6(9)7(13)10-8(11)14/h3,5,12H,2,4H2,1H3,(H,10,13,14). The number of aliphatic hydroxyl groups is 1. The molecule has 2 N–H and O–H groups in total. The molecule has 1 atom stereocenters. The van der Waals surface area contributed by atoms with Gasteiger partial charge in [-0.15, -0.1) is 0 Å². The molecule has 15 heavy (non-hydrogen) atoms. The molecule has 1 aromatic heterocycles. The number of aliphatic hydroxyl groups excluding tert-OH is 1. The Bertz CT molecular complexity index is 439. The van der Waals surface area contributed by atoms with Crippen molar-refractivity contribution in [2.75, 3.05) is 13.7 Å². The van der Waals surface area contributed by atoms with Crippen LogP contribution in [-0.4, -0.2) is 34.5 Å². The van der Waals surface area contributed by atoms with E-state index in [1.165, 1.54) is 17.9 Å².